The molecule has 1 aliphatic rings. The van der Waals surface area contributed by atoms with Gasteiger partial charge in [0, 0.05) is 28.8 Å². The summed E-state index contributed by atoms with van der Waals surface area (Å²) < 4.78 is 14.1. The predicted octanol–water partition coefficient (Wildman–Crippen LogP) is 2.43. The molecular weight excluding hydrogens is 492 g/mol. The molecule has 3 atom stereocenters. The van der Waals surface area contributed by atoms with Crippen molar-refractivity contribution in [3.05, 3.63) is 20.2 Å². The SMILES string of the molecule is CC(C)(C)NC[C@@H](COc1nsnc1SC1C(CO[N+](=O)[O-])C(C)(C)N(O)C1(C)C)O[N+](=O)[O-]. The van der Waals surface area contributed by atoms with Crippen molar-refractivity contribution < 1.29 is 29.8 Å². The van der Waals surface area contributed by atoms with Gasteiger partial charge in [0.15, 0.2) is 11.1 Å². The zero-order chi connectivity index (χ0) is 25.9. The Bertz CT molecular complexity index is 862. The van der Waals surface area contributed by atoms with Crippen molar-refractivity contribution >= 4 is 23.5 Å². The summed E-state index contributed by atoms with van der Waals surface area (Å²) in [5.74, 6) is -0.277. The van der Waals surface area contributed by atoms with E-state index in [9.17, 15) is 25.4 Å². The molecule has 1 aromatic heterocycles. The molecule has 0 bridgehead atoms. The molecule has 1 fully saturated rings. The largest absolute Gasteiger partial charge is 0.473 e. The topological polar surface area (TPSA) is 175 Å². The molecule has 0 aromatic carbocycles. The first kappa shape index (κ1) is 28.2. The van der Waals surface area contributed by atoms with Crippen LogP contribution in [-0.2, 0) is 9.68 Å². The van der Waals surface area contributed by atoms with Crippen LogP contribution >= 0.6 is 23.5 Å². The fraction of sp³-hybridized carbons (Fsp3) is 0.889. The summed E-state index contributed by atoms with van der Waals surface area (Å²) in [6, 6.07) is 0. The van der Waals surface area contributed by atoms with Gasteiger partial charge in [0.05, 0.1) is 17.3 Å². The van der Waals surface area contributed by atoms with Gasteiger partial charge in [0.25, 0.3) is 16.1 Å². The molecule has 2 unspecified atom stereocenters. The zero-order valence-electron chi connectivity index (χ0n) is 20.2. The van der Waals surface area contributed by atoms with E-state index in [0.29, 0.717) is 5.03 Å². The third kappa shape index (κ3) is 7.00. The van der Waals surface area contributed by atoms with E-state index in [1.165, 1.54) is 16.8 Å². The second kappa shape index (κ2) is 10.7. The third-order valence-corrected chi connectivity index (χ3v) is 7.87. The van der Waals surface area contributed by atoms with Crippen LogP contribution in [0.4, 0.5) is 0 Å². The first-order valence-electron chi connectivity index (χ1n) is 10.5. The van der Waals surface area contributed by atoms with Gasteiger partial charge < -0.3 is 24.9 Å². The molecule has 194 valence electrons. The number of hydrogen-bond donors (Lipinski definition) is 2. The first-order valence-corrected chi connectivity index (χ1v) is 12.1. The summed E-state index contributed by atoms with van der Waals surface area (Å²) in [5.41, 5.74) is -1.90. The monoisotopic (exact) mass is 524 g/mol. The van der Waals surface area contributed by atoms with Gasteiger partial charge in [-0.2, -0.15) is 9.44 Å². The van der Waals surface area contributed by atoms with Gasteiger partial charge in [-0.25, -0.2) is 0 Å². The maximum absolute atomic E-state index is 10.9. The molecule has 0 saturated carbocycles. The van der Waals surface area contributed by atoms with Crippen molar-refractivity contribution in [3.8, 4) is 5.88 Å². The minimum absolute atomic E-state index is 0.150. The van der Waals surface area contributed by atoms with E-state index >= 15 is 0 Å². The molecule has 2 rings (SSSR count). The molecule has 0 amide bonds. The summed E-state index contributed by atoms with van der Waals surface area (Å²) >= 11 is 2.16. The minimum atomic E-state index is -0.884. The fourth-order valence-corrected chi connectivity index (χ4v) is 5.98. The van der Waals surface area contributed by atoms with Gasteiger partial charge in [-0.15, -0.1) is 24.6 Å². The Morgan fingerprint density at radius 1 is 1.21 bits per heavy atom. The average molecular weight is 525 g/mol. The second-order valence-electron chi connectivity index (χ2n) is 10.1. The Labute approximate surface area is 205 Å². The van der Waals surface area contributed by atoms with E-state index in [-0.39, 0.29) is 36.4 Å². The van der Waals surface area contributed by atoms with Crippen LogP contribution in [0.1, 0.15) is 48.5 Å². The summed E-state index contributed by atoms with van der Waals surface area (Å²) in [4.78, 5) is 31.1. The lowest BCUT2D eigenvalue weighted by molar-refractivity contribution is -0.768. The van der Waals surface area contributed by atoms with Gasteiger partial charge >= 0.3 is 0 Å². The van der Waals surface area contributed by atoms with Gasteiger partial charge in [-0.3, -0.25) is 0 Å². The highest BCUT2D eigenvalue weighted by Gasteiger charge is 2.59. The summed E-state index contributed by atoms with van der Waals surface area (Å²) in [5, 5.41) is 35.1. The predicted molar refractivity (Wildman–Crippen MR) is 123 cm³/mol. The maximum Gasteiger partial charge on any atom is 0.294 e. The zero-order valence-corrected chi connectivity index (χ0v) is 21.8. The summed E-state index contributed by atoms with van der Waals surface area (Å²) in [6.07, 6.45) is -0.884. The standard InChI is InChI=1S/C18H32N6O8S2/c1-16(2,3)19-8-11(32-24(28)29)9-30-14-15(21-34-20-14)33-13-12(10-31-23(26)27)17(4,5)22(25)18(13,6)7/h11-13,19,25H,8-10H2,1-7H3/t11-,12?,13?/m0/s1. The lowest BCUT2D eigenvalue weighted by atomic mass is 9.87. The van der Waals surface area contributed by atoms with Crippen LogP contribution in [0.15, 0.2) is 5.03 Å². The summed E-state index contributed by atoms with van der Waals surface area (Å²) in [7, 11) is 0. The van der Waals surface area contributed by atoms with Crippen molar-refractivity contribution in [2.24, 2.45) is 5.92 Å². The molecule has 0 radical (unpaired) electrons. The number of nitrogens with zero attached hydrogens (tertiary/aromatic N) is 5. The molecule has 0 spiro atoms. The molecule has 0 aliphatic carbocycles. The third-order valence-electron chi connectivity index (χ3n) is 5.59. The summed E-state index contributed by atoms with van der Waals surface area (Å²) in [6.45, 7) is 12.8. The van der Waals surface area contributed by atoms with Crippen molar-refractivity contribution in [3.63, 3.8) is 0 Å². The number of ether oxygens (including phenoxy) is 1. The number of aromatic nitrogens is 2. The van der Waals surface area contributed by atoms with Crippen molar-refractivity contribution in [1.29, 1.82) is 0 Å². The average Bonchev–Trinajstić information content (AvgIpc) is 3.18. The van der Waals surface area contributed by atoms with Gasteiger partial charge in [-0.05, 0) is 48.5 Å². The number of nitrogens with one attached hydrogen (secondary N) is 1. The van der Waals surface area contributed by atoms with Gasteiger partial charge in [-0.1, -0.05) is 11.8 Å². The molecule has 14 nitrogen and oxygen atoms in total. The lowest BCUT2D eigenvalue weighted by Gasteiger charge is -2.35. The van der Waals surface area contributed by atoms with Crippen LogP contribution < -0.4 is 10.1 Å². The van der Waals surface area contributed by atoms with Crippen LogP contribution in [0.3, 0.4) is 0 Å². The van der Waals surface area contributed by atoms with E-state index in [0.717, 1.165) is 11.7 Å². The molecule has 16 heteroatoms. The second-order valence-corrected chi connectivity index (χ2v) is 11.7. The van der Waals surface area contributed by atoms with E-state index in [4.69, 9.17) is 9.57 Å². The van der Waals surface area contributed by atoms with Crippen LogP contribution in [0.5, 0.6) is 5.88 Å². The Kier molecular flexibility index (Phi) is 8.90. The van der Waals surface area contributed by atoms with Gasteiger partial charge in [0.1, 0.15) is 13.2 Å². The van der Waals surface area contributed by atoms with E-state index in [1.54, 1.807) is 13.8 Å². The van der Waals surface area contributed by atoms with Crippen LogP contribution in [0.25, 0.3) is 0 Å². The molecule has 1 saturated heterocycles. The fourth-order valence-electron chi connectivity index (χ4n) is 3.84. The lowest BCUT2D eigenvalue weighted by Crippen LogP contribution is -2.48. The van der Waals surface area contributed by atoms with Crippen molar-refractivity contribution in [1.82, 2.24) is 19.1 Å². The Morgan fingerprint density at radius 3 is 2.41 bits per heavy atom. The molecule has 34 heavy (non-hydrogen) atoms. The number of hydroxylamine groups is 2. The minimum Gasteiger partial charge on any atom is -0.473 e. The Hall–Kier alpha value is -2.01. The van der Waals surface area contributed by atoms with E-state index < -0.39 is 33.3 Å². The van der Waals surface area contributed by atoms with E-state index in [1.807, 2.05) is 34.6 Å². The number of hydrogen-bond acceptors (Lipinski definition) is 14. The maximum atomic E-state index is 10.9. The van der Waals surface area contributed by atoms with Gasteiger partial charge in [0.2, 0.25) is 0 Å². The van der Waals surface area contributed by atoms with Crippen LogP contribution in [-0.4, -0.2) is 76.9 Å². The normalized spacial score (nSPS) is 22.8. The quantitative estimate of drug-likeness (QED) is 0.301. The van der Waals surface area contributed by atoms with E-state index in [2.05, 4.69) is 18.9 Å². The van der Waals surface area contributed by atoms with Crippen LogP contribution in [0.2, 0.25) is 0 Å². The smallest absolute Gasteiger partial charge is 0.294 e. The Morgan fingerprint density at radius 2 is 1.85 bits per heavy atom. The first-order chi connectivity index (χ1) is 15.6. The highest BCUT2D eigenvalue weighted by Crippen LogP contribution is 2.52. The van der Waals surface area contributed by atoms with Crippen molar-refractivity contribution in [2.45, 2.75) is 81.5 Å². The number of rotatable bonds is 12. The highest BCUT2D eigenvalue weighted by molar-refractivity contribution is 8.00. The molecule has 1 aromatic rings. The molecular formula is C18H32N6O8S2. The molecule has 1 aliphatic heterocycles. The number of thioether (sulfide) groups is 1. The van der Waals surface area contributed by atoms with Crippen LogP contribution in [0, 0.1) is 26.1 Å². The molecule has 2 N–H and O–H groups in total. The Balaban J connectivity index is 2.17. The molecule has 2 heterocycles. The van der Waals surface area contributed by atoms with Crippen molar-refractivity contribution in [2.75, 3.05) is 19.8 Å². The highest BCUT2D eigenvalue weighted by atomic mass is 32.2.